The number of imidazole rings is 1. The van der Waals surface area contributed by atoms with E-state index in [2.05, 4.69) is 14.9 Å². The van der Waals surface area contributed by atoms with Crippen LogP contribution >= 0.6 is 0 Å². The predicted octanol–water partition coefficient (Wildman–Crippen LogP) is 1.46. The minimum atomic E-state index is -0.636. The molecule has 1 aliphatic heterocycles. The van der Waals surface area contributed by atoms with Gasteiger partial charge in [-0.25, -0.2) is 20.2 Å². The number of hydrogen-bond donors (Lipinski definition) is 2. The second-order valence-electron chi connectivity index (χ2n) is 7.08. The Labute approximate surface area is 167 Å². The zero-order valence-electron chi connectivity index (χ0n) is 15.8. The van der Waals surface area contributed by atoms with Gasteiger partial charge in [0.15, 0.2) is 0 Å². The highest BCUT2D eigenvalue weighted by molar-refractivity contribution is 5.92. The normalized spacial score (nSPS) is 14.7. The number of aromatic nitrogens is 4. The summed E-state index contributed by atoms with van der Waals surface area (Å²) in [5.74, 6) is 0.323. The van der Waals surface area contributed by atoms with Crippen molar-refractivity contribution in [1.29, 1.82) is 0 Å². The topological polar surface area (TPSA) is 105 Å². The van der Waals surface area contributed by atoms with Gasteiger partial charge in [0.2, 0.25) is 5.95 Å². The second kappa shape index (κ2) is 8.27. The number of benzene rings is 1. The van der Waals surface area contributed by atoms with Crippen molar-refractivity contribution >= 4 is 11.9 Å². The summed E-state index contributed by atoms with van der Waals surface area (Å²) in [6.07, 6.45) is 8.29. The number of para-hydroxylation sites is 1. The summed E-state index contributed by atoms with van der Waals surface area (Å²) in [5, 5.41) is 8.65. The van der Waals surface area contributed by atoms with Gasteiger partial charge in [0, 0.05) is 44.4 Å². The van der Waals surface area contributed by atoms with Crippen molar-refractivity contribution in [3.8, 4) is 5.69 Å². The lowest BCUT2D eigenvalue weighted by atomic mass is 9.97. The molecular formula is C20H22N6O3. The first kappa shape index (κ1) is 18.9. The molecule has 1 aromatic carbocycles. The van der Waals surface area contributed by atoms with Crippen LogP contribution in [0.2, 0.25) is 0 Å². The summed E-state index contributed by atoms with van der Waals surface area (Å²) >= 11 is 0. The zero-order chi connectivity index (χ0) is 20.2. The molecule has 4 rings (SSSR count). The average molecular weight is 394 g/mol. The number of hydroxylamine groups is 1. The van der Waals surface area contributed by atoms with E-state index in [1.807, 2.05) is 42.7 Å². The molecule has 1 saturated heterocycles. The van der Waals surface area contributed by atoms with Crippen molar-refractivity contribution in [2.24, 2.45) is 5.92 Å². The maximum atomic E-state index is 12.7. The van der Waals surface area contributed by atoms with Gasteiger partial charge in [-0.3, -0.25) is 19.1 Å². The molecule has 9 heteroatoms. The third-order valence-electron chi connectivity index (χ3n) is 5.24. The minimum Gasteiger partial charge on any atom is -0.341 e. The standard InChI is InChI=1S/C20H22N6O3/c27-18(23-29)16-12-21-19(22-13-16)24-8-6-15(7-9-24)14-25-10-11-26(20(25)28)17-4-2-1-3-5-17/h1-5,10-13,15,29H,6-9,14H2,(H,23,27). The summed E-state index contributed by atoms with van der Waals surface area (Å²) in [6, 6.07) is 9.59. The van der Waals surface area contributed by atoms with Crippen LogP contribution in [-0.2, 0) is 6.54 Å². The van der Waals surface area contributed by atoms with E-state index in [4.69, 9.17) is 5.21 Å². The Hall–Kier alpha value is -3.46. The molecule has 9 nitrogen and oxygen atoms in total. The van der Waals surface area contributed by atoms with E-state index in [0.717, 1.165) is 31.6 Å². The molecule has 2 N–H and O–H groups in total. The molecule has 0 unspecified atom stereocenters. The second-order valence-corrected chi connectivity index (χ2v) is 7.08. The van der Waals surface area contributed by atoms with Gasteiger partial charge in [0.05, 0.1) is 11.3 Å². The highest BCUT2D eigenvalue weighted by Crippen LogP contribution is 2.21. The van der Waals surface area contributed by atoms with Crippen LogP contribution < -0.4 is 16.1 Å². The molecule has 0 bridgehead atoms. The van der Waals surface area contributed by atoms with Gasteiger partial charge in [0.1, 0.15) is 0 Å². The molecule has 3 heterocycles. The zero-order valence-corrected chi connectivity index (χ0v) is 15.8. The van der Waals surface area contributed by atoms with Crippen molar-refractivity contribution in [3.05, 3.63) is 71.2 Å². The number of nitrogens with one attached hydrogen (secondary N) is 1. The van der Waals surface area contributed by atoms with Crippen molar-refractivity contribution in [3.63, 3.8) is 0 Å². The summed E-state index contributed by atoms with van der Waals surface area (Å²) in [4.78, 5) is 34.5. The average Bonchev–Trinajstić information content (AvgIpc) is 3.14. The van der Waals surface area contributed by atoms with Gasteiger partial charge in [-0.1, -0.05) is 18.2 Å². The van der Waals surface area contributed by atoms with Crippen LogP contribution in [0.5, 0.6) is 0 Å². The maximum Gasteiger partial charge on any atom is 0.332 e. The van der Waals surface area contributed by atoms with E-state index in [1.165, 1.54) is 12.4 Å². The van der Waals surface area contributed by atoms with Crippen LogP contribution in [0.25, 0.3) is 5.69 Å². The van der Waals surface area contributed by atoms with E-state index in [1.54, 1.807) is 14.6 Å². The molecule has 2 aromatic heterocycles. The Balaban J connectivity index is 1.36. The Morgan fingerprint density at radius 1 is 1.10 bits per heavy atom. The number of rotatable bonds is 5. The SMILES string of the molecule is O=C(NO)c1cnc(N2CCC(Cn3ccn(-c4ccccc4)c3=O)CC2)nc1. The quantitative estimate of drug-likeness (QED) is 0.501. The van der Waals surface area contributed by atoms with Crippen LogP contribution in [0.4, 0.5) is 5.95 Å². The van der Waals surface area contributed by atoms with Crippen LogP contribution in [-0.4, -0.2) is 43.3 Å². The molecule has 29 heavy (non-hydrogen) atoms. The first-order valence-corrected chi connectivity index (χ1v) is 9.50. The molecule has 0 atom stereocenters. The van der Waals surface area contributed by atoms with Crippen LogP contribution in [0.1, 0.15) is 23.2 Å². The van der Waals surface area contributed by atoms with Gasteiger partial charge >= 0.3 is 5.69 Å². The van der Waals surface area contributed by atoms with E-state index in [9.17, 15) is 9.59 Å². The van der Waals surface area contributed by atoms with Gasteiger partial charge in [-0.15, -0.1) is 0 Å². The lowest BCUT2D eigenvalue weighted by molar-refractivity contribution is 0.0705. The van der Waals surface area contributed by atoms with Crippen LogP contribution in [0, 0.1) is 5.92 Å². The Morgan fingerprint density at radius 2 is 1.79 bits per heavy atom. The molecule has 1 amide bonds. The summed E-state index contributed by atoms with van der Waals surface area (Å²) in [5.41, 5.74) is 2.60. The largest absolute Gasteiger partial charge is 0.341 e. The minimum absolute atomic E-state index is 0.0280. The molecule has 0 radical (unpaired) electrons. The van der Waals surface area contributed by atoms with Crippen LogP contribution in [0.15, 0.2) is 59.9 Å². The number of carbonyl (C=O) groups excluding carboxylic acids is 1. The number of anilines is 1. The number of hydrogen-bond acceptors (Lipinski definition) is 6. The first-order valence-electron chi connectivity index (χ1n) is 9.50. The summed E-state index contributed by atoms with van der Waals surface area (Å²) in [6.45, 7) is 2.25. The maximum absolute atomic E-state index is 12.7. The smallest absolute Gasteiger partial charge is 0.332 e. The van der Waals surface area contributed by atoms with E-state index in [0.29, 0.717) is 18.4 Å². The van der Waals surface area contributed by atoms with Crippen molar-refractivity contribution < 1.29 is 10.0 Å². The Kier molecular flexibility index (Phi) is 5.39. The third kappa shape index (κ3) is 4.04. The fraction of sp³-hybridized carbons (Fsp3) is 0.300. The summed E-state index contributed by atoms with van der Waals surface area (Å²) in [7, 11) is 0. The summed E-state index contributed by atoms with van der Waals surface area (Å²) < 4.78 is 3.43. The number of nitrogens with zero attached hydrogens (tertiary/aromatic N) is 5. The predicted molar refractivity (Wildman–Crippen MR) is 106 cm³/mol. The van der Waals surface area contributed by atoms with Crippen molar-refractivity contribution in [1.82, 2.24) is 24.6 Å². The molecule has 0 saturated carbocycles. The lowest BCUT2D eigenvalue weighted by Crippen LogP contribution is -2.37. The Morgan fingerprint density at radius 3 is 2.45 bits per heavy atom. The molecule has 0 spiro atoms. The molecule has 1 fully saturated rings. The fourth-order valence-electron chi connectivity index (χ4n) is 3.60. The van der Waals surface area contributed by atoms with Gasteiger partial charge < -0.3 is 4.90 Å². The Bertz CT molecular complexity index is 1020. The molecule has 3 aromatic rings. The number of amides is 1. The highest BCUT2D eigenvalue weighted by Gasteiger charge is 2.22. The van der Waals surface area contributed by atoms with Gasteiger partial charge in [0.25, 0.3) is 5.91 Å². The fourth-order valence-corrected chi connectivity index (χ4v) is 3.60. The van der Waals surface area contributed by atoms with Crippen molar-refractivity contribution in [2.45, 2.75) is 19.4 Å². The monoisotopic (exact) mass is 394 g/mol. The van der Waals surface area contributed by atoms with E-state index >= 15 is 0 Å². The van der Waals surface area contributed by atoms with E-state index in [-0.39, 0.29) is 11.3 Å². The van der Waals surface area contributed by atoms with Gasteiger partial charge in [-0.2, -0.15) is 0 Å². The van der Waals surface area contributed by atoms with Crippen LogP contribution in [0.3, 0.4) is 0 Å². The molecule has 150 valence electrons. The van der Waals surface area contributed by atoms with E-state index < -0.39 is 5.91 Å². The molecule has 1 aliphatic rings. The number of carbonyl (C=O) groups is 1. The molecule has 0 aliphatic carbocycles. The molecular weight excluding hydrogens is 372 g/mol. The van der Waals surface area contributed by atoms with Crippen molar-refractivity contribution in [2.75, 3.05) is 18.0 Å². The lowest BCUT2D eigenvalue weighted by Gasteiger charge is -2.31. The number of piperidine rings is 1. The van der Waals surface area contributed by atoms with Gasteiger partial charge in [-0.05, 0) is 30.9 Å². The first-order chi connectivity index (χ1) is 14.2. The highest BCUT2D eigenvalue weighted by atomic mass is 16.5. The third-order valence-corrected chi connectivity index (χ3v) is 5.24.